The maximum absolute atomic E-state index is 6.26. The molecule has 0 fully saturated rings. The molecule has 0 atom stereocenters. The van der Waals surface area contributed by atoms with Crippen LogP contribution in [0.2, 0.25) is 0 Å². The van der Waals surface area contributed by atoms with Crippen LogP contribution in [0.1, 0.15) is 0 Å². The van der Waals surface area contributed by atoms with E-state index in [-0.39, 0.29) is 10.5 Å². The SMILES string of the molecule is c1ccc(Oc2ccccc2-[s+]2c3ccccc3c3ccccc32)cc1. The lowest BCUT2D eigenvalue weighted by atomic mass is 10.2. The Bertz CT molecular complexity index is 1150. The van der Waals surface area contributed by atoms with E-state index in [2.05, 4.69) is 66.7 Å². The number of thiophene rings is 1. The Morgan fingerprint density at radius 1 is 0.500 bits per heavy atom. The highest BCUT2D eigenvalue weighted by Crippen LogP contribution is 2.51. The van der Waals surface area contributed by atoms with Gasteiger partial charge >= 0.3 is 0 Å². The Hall–Kier alpha value is -3.10. The summed E-state index contributed by atoms with van der Waals surface area (Å²) >= 11 is 0. The summed E-state index contributed by atoms with van der Waals surface area (Å²) in [4.78, 5) is 1.23. The lowest BCUT2D eigenvalue weighted by molar-refractivity contribution is 0.486. The minimum absolute atomic E-state index is 0.151. The van der Waals surface area contributed by atoms with Gasteiger partial charge in [0.15, 0.2) is 15.1 Å². The molecule has 5 aromatic rings. The van der Waals surface area contributed by atoms with Crippen molar-refractivity contribution in [3.05, 3.63) is 103 Å². The van der Waals surface area contributed by atoms with Crippen molar-refractivity contribution >= 4 is 30.6 Å². The molecule has 0 radical (unpaired) electrons. The topological polar surface area (TPSA) is 9.23 Å². The molecule has 4 aromatic carbocycles. The molecule has 0 amide bonds. The molecule has 0 unspecified atom stereocenters. The van der Waals surface area contributed by atoms with Crippen LogP contribution in [0.15, 0.2) is 103 Å². The first-order chi connectivity index (χ1) is 12.9. The predicted molar refractivity (Wildman–Crippen MR) is 112 cm³/mol. The standard InChI is InChI=1S/C24H17OS/c1-2-10-18(11-3-1)25-21-14-6-9-17-24(21)26-22-15-7-4-12-19(22)20-13-5-8-16-23(20)26/h1-17H/q+1. The van der Waals surface area contributed by atoms with Crippen molar-refractivity contribution in [3.8, 4) is 16.4 Å². The van der Waals surface area contributed by atoms with E-state index >= 15 is 0 Å². The van der Waals surface area contributed by atoms with Crippen LogP contribution < -0.4 is 4.74 Å². The minimum Gasteiger partial charge on any atom is -0.452 e. The van der Waals surface area contributed by atoms with Crippen LogP contribution in [0, 0.1) is 0 Å². The molecule has 0 saturated carbocycles. The zero-order chi connectivity index (χ0) is 17.3. The Labute approximate surface area is 155 Å². The van der Waals surface area contributed by atoms with Gasteiger partial charge in [0, 0.05) is 27.3 Å². The van der Waals surface area contributed by atoms with Gasteiger partial charge in [-0.2, -0.15) is 0 Å². The van der Waals surface area contributed by atoms with Gasteiger partial charge in [-0.15, -0.1) is 0 Å². The number of hydrogen-bond acceptors (Lipinski definition) is 1. The van der Waals surface area contributed by atoms with Gasteiger partial charge in [-0.3, -0.25) is 0 Å². The van der Waals surface area contributed by atoms with Gasteiger partial charge in [-0.05, 0) is 42.5 Å². The van der Waals surface area contributed by atoms with E-state index in [1.165, 1.54) is 25.1 Å². The fourth-order valence-electron chi connectivity index (χ4n) is 3.41. The summed E-state index contributed by atoms with van der Waals surface area (Å²) in [6.07, 6.45) is 0. The molecule has 2 heteroatoms. The van der Waals surface area contributed by atoms with Gasteiger partial charge in [0.1, 0.15) is 5.75 Å². The van der Waals surface area contributed by atoms with E-state index in [0.29, 0.717) is 0 Å². The minimum atomic E-state index is -0.151. The molecule has 1 nitrogen and oxygen atoms in total. The lowest BCUT2D eigenvalue weighted by Crippen LogP contribution is -1.85. The van der Waals surface area contributed by atoms with Crippen LogP contribution in [-0.2, 0) is 0 Å². The summed E-state index contributed by atoms with van der Waals surface area (Å²) in [5, 5.41) is 2.67. The molecule has 0 spiro atoms. The molecule has 5 rings (SSSR count). The van der Waals surface area contributed by atoms with Crippen molar-refractivity contribution in [1.29, 1.82) is 0 Å². The molecule has 26 heavy (non-hydrogen) atoms. The van der Waals surface area contributed by atoms with E-state index in [9.17, 15) is 0 Å². The van der Waals surface area contributed by atoms with Crippen molar-refractivity contribution in [2.45, 2.75) is 0 Å². The molecule has 0 aliphatic heterocycles. The van der Waals surface area contributed by atoms with Crippen LogP contribution in [0.3, 0.4) is 0 Å². The fourth-order valence-corrected chi connectivity index (χ4v) is 5.87. The molecule has 0 N–H and O–H groups in total. The van der Waals surface area contributed by atoms with Gasteiger partial charge in [0.2, 0.25) is 4.90 Å². The first-order valence-electron chi connectivity index (χ1n) is 8.66. The van der Waals surface area contributed by atoms with Gasteiger partial charge in [0.25, 0.3) is 0 Å². The first kappa shape index (κ1) is 15.2. The molecule has 1 aromatic heterocycles. The molecule has 1 heterocycles. The van der Waals surface area contributed by atoms with E-state index in [1.807, 2.05) is 36.4 Å². The van der Waals surface area contributed by atoms with Crippen molar-refractivity contribution in [3.63, 3.8) is 0 Å². The lowest BCUT2D eigenvalue weighted by Gasteiger charge is -2.06. The summed E-state index contributed by atoms with van der Waals surface area (Å²) < 4.78 is 9.00. The van der Waals surface area contributed by atoms with E-state index < -0.39 is 0 Å². The molecule has 0 saturated heterocycles. The Kier molecular flexibility index (Phi) is 3.69. The second-order valence-electron chi connectivity index (χ2n) is 6.16. The highest BCUT2D eigenvalue weighted by Gasteiger charge is 2.26. The average Bonchev–Trinajstić information content (AvgIpc) is 3.04. The molecular formula is C24H17OS+. The number of para-hydroxylation sites is 2. The molecule has 124 valence electrons. The van der Waals surface area contributed by atoms with Gasteiger partial charge < -0.3 is 4.74 Å². The quantitative estimate of drug-likeness (QED) is 0.305. The summed E-state index contributed by atoms with van der Waals surface area (Å²) in [7, 11) is -0.151. The zero-order valence-electron chi connectivity index (χ0n) is 14.1. The number of benzene rings is 4. The number of fused-ring (bicyclic) bond motifs is 3. The van der Waals surface area contributed by atoms with Gasteiger partial charge in [-0.25, -0.2) is 0 Å². The largest absolute Gasteiger partial charge is 0.452 e. The normalized spacial score (nSPS) is 11.1. The van der Waals surface area contributed by atoms with Crippen molar-refractivity contribution < 1.29 is 4.74 Å². The summed E-state index contributed by atoms with van der Waals surface area (Å²) in [5.41, 5.74) is 0. The maximum atomic E-state index is 6.26. The molecule has 0 aliphatic carbocycles. The number of ether oxygens (including phenoxy) is 1. The third-order valence-corrected chi connectivity index (χ3v) is 6.91. The molecular weight excluding hydrogens is 336 g/mol. The van der Waals surface area contributed by atoms with E-state index in [1.54, 1.807) is 0 Å². The van der Waals surface area contributed by atoms with Gasteiger partial charge in [-0.1, -0.05) is 54.6 Å². The third kappa shape index (κ3) is 2.47. The van der Waals surface area contributed by atoms with Crippen molar-refractivity contribution in [2.24, 2.45) is 0 Å². The Balaban J connectivity index is 1.78. The van der Waals surface area contributed by atoms with Gasteiger partial charge in [0.05, 0.1) is 0 Å². The van der Waals surface area contributed by atoms with E-state index in [0.717, 1.165) is 11.5 Å². The van der Waals surface area contributed by atoms with Crippen molar-refractivity contribution in [1.82, 2.24) is 0 Å². The first-order valence-corrected chi connectivity index (χ1v) is 9.89. The fraction of sp³-hybridized carbons (Fsp3) is 0. The summed E-state index contributed by atoms with van der Waals surface area (Å²) in [6.45, 7) is 0. The van der Waals surface area contributed by atoms with Crippen LogP contribution in [0.25, 0.3) is 25.1 Å². The third-order valence-electron chi connectivity index (χ3n) is 4.54. The molecule has 0 bridgehead atoms. The molecule has 0 aliphatic rings. The highest BCUT2D eigenvalue weighted by molar-refractivity contribution is 7.50. The number of hydrogen-bond donors (Lipinski definition) is 0. The second kappa shape index (κ2) is 6.32. The smallest absolute Gasteiger partial charge is 0.222 e. The highest BCUT2D eigenvalue weighted by atomic mass is 32.2. The van der Waals surface area contributed by atoms with Crippen LogP contribution in [0.5, 0.6) is 11.5 Å². The summed E-state index contributed by atoms with van der Waals surface area (Å²) in [5.74, 6) is 1.79. The van der Waals surface area contributed by atoms with Crippen LogP contribution in [0.4, 0.5) is 0 Å². The monoisotopic (exact) mass is 353 g/mol. The van der Waals surface area contributed by atoms with Crippen LogP contribution >= 0.6 is 10.5 Å². The van der Waals surface area contributed by atoms with Crippen molar-refractivity contribution in [2.75, 3.05) is 0 Å². The average molecular weight is 353 g/mol. The Morgan fingerprint density at radius 3 is 1.73 bits per heavy atom. The zero-order valence-corrected chi connectivity index (χ0v) is 14.9. The van der Waals surface area contributed by atoms with E-state index in [4.69, 9.17) is 4.74 Å². The second-order valence-corrected chi connectivity index (χ2v) is 8.09. The predicted octanol–water partition coefficient (Wildman–Crippen LogP) is 7.52. The van der Waals surface area contributed by atoms with Crippen LogP contribution in [-0.4, -0.2) is 0 Å². The number of rotatable bonds is 3. The Morgan fingerprint density at radius 2 is 1.04 bits per heavy atom. The maximum Gasteiger partial charge on any atom is 0.222 e. The summed E-state index contributed by atoms with van der Waals surface area (Å²) in [6, 6.07) is 35.8.